The lowest BCUT2D eigenvalue weighted by Gasteiger charge is -2.32. The molecule has 1 rings (SSSR count). The first-order valence-corrected chi connectivity index (χ1v) is 7.01. The summed E-state index contributed by atoms with van der Waals surface area (Å²) < 4.78 is 0. The Bertz CT molecular complexity index is 241. The van der Waals surface area contributed by atoms with Crippen LogP contribution in [-0.2, 0) is 4.79 Å². The van der Waals surface area contributed by atoms with E-state index in [-0.39, 0.29) is 23.4 Å². The highest BCUT2D eigenvalue weighted by Crippen LogP contribution is 2.23. The first kappa shape index (κ1) is 14.5. The van der Waals surface area contributed by atoms with Crippen molar-refractivity contribution in [2.24, 2.45) is 11.7 Å². The van der Waals surface area contributed by atoms with Crippen LogP contribution in [0.5, 0.6) is 0 Å². The highest BCUT2D eigenvalue weighted by molar-refractivity contribution is 5.79. The highest BCUT2D eigenvalue weighted by Gasteiger charge is 2.28. The maximum atomic E-state index is 12.2. The van der Waals surface area contributed by atoms with Gasteiger partial charge in [-0.1, -0.05) is 32.1 Å². The molecule has 1 aliphatic rings. The summed E-state index contributed by atoms with van der Waals surface area (Å²) in [5, 5.41) is 3.11. The molecule has 100 valence electrons. The van der Waals surface area contributed by atoms with Crippen molar-refractivity contribution in [1.82, 2.24) is 5.32 Å². The maximum absolute atomic E-state index is 12.2. The van der Waals surface area contributed by atoms with Gasteiger partial charge in [0.1, 0.15) is 0 Å². The second-order valence-electron chi connectivity index (χ2n) is 6.04. The van der Waals surface area contributed by atoms with Gasteiger partial charge in [-0.15, -0.1) is 0 Å². The Hall–Kier alpha value is -0.570. The van der Waals surface area contributed by atoms with Gasteiger partial charge in [-0.3, -0.25) is 4.79 Å². The number of nitrogens with one attached hydrogen (secondary N) is 1. The normalized spacial score (nSPS) is 21.4. The number of amides is 1. The second kappa shape index (κ2) is 6.39. The Labute approximate surface area is 106 Å². The molecule has 0 bridgehead atoms. The molecular weight excluding hydrogens is 212 g/mol. The van der Waals surface area contributed by atoms with Crippen LogP contribution < -0.4 is 11.1 Å². The Morgan fingerprint density at radius 3 is 2.12 bits per heavy atom. The lowest BCUT2D eigenvalue weighted by atomic mass is 9.89. The van der Waals surface area contributed by atoms with Crippen LogP contribution in [0.4, 0.5) is 0 Å². The summed E-state index contributed by atoms with van der Waals surface area (Å²) in [5.74, 6) is 0.405. The van der Waals surface area contributed by atoms with Gasteiger partial charge in [-0.25, -0.2) is 0 Å². The lowest BCUT2D eigenvalue weighted by Crippen LogP contribution is -2.55. The zero-order chi connectivity index (χ0) is 12.9. The number of carbonyl (C=O) groups is 1. The van der Waals surface area contributed by atoms with Crippen molar-refractivity contribution in [2.75, 3.05) is 0 Å². The smallest absolute Gasteiger partial charge is 0.223 e. The van der Waals surface area contributed by atoms with Gasteiger partial charge < -0.3 is 11.1 Å². The van der Waals surface area contributed by atoms with Gasteiger partial charge in [0.25, 0.3) is 0 Å². The molecule has 1 unspecified atom stereocenters. The van der Waals surface area contributed by atoms with E-state index < -0.39 is 0 Å². The molecule has 0 aromatic rings. The van der Waals surface area contributed by atoms with E-state index in [9.17, 15) is 4.79 Å². The van der Waals surface area contributed by atoms with E-state index in [2.05, 4.69) is 5.32 Å². The molecule has 0 aliphatic heterocycles. The van der Waals surface area contributed by atoms with Crippen LogP contribution in [0.3, 0.4) is 0 Å². The van der Waals surface area contributed by atoms with Gasteiger partial charge >= 0.3 is 0 Å². The third-order valence-corrected chi connectivity index (χ3v) is 4.06. The van der Waals surface area contributed by atoms with Gasteiger partial charge in [0.15, 0.2) is 0 Å². The second-order valence-corrected chi connectivity index (χ2v) is 6.04. The topological polar surface area (TPSA) is 55.1 Å². The number of rotatable bonds is 3. The van der Waals surface area contributed by atoms with Gasteiger partial charge in [0.2, 0.25) is 5.91 Å². The van der Waals surface area contributed by atoms with Crippen molar-refractivity contribution >= 4 is 5.91 Å². The quantitative estimate of drug-likeness (QED) is 0.796. The standard InChI is InChI=1S/C14H28N2O/c1-11(15)14(2,3)16-13(17)12-9-7-5-4-6-8-10-12/h11-12H,4-10,15H2,1-3H3,(H,16,17). The molecule has 1 atom stereocenters. The molecule has 1 saturated carbocycles. The van der Waals surface area contributed by atoms with E-state index in [1.807, 2.05) is 20.8 Å². The van der Waals surface area contributed by atoms with Crippen molar-refractivity contribution in [3.05, 3.63) is 0 Å². The molecule has 0 saturated heterocycles. The predicted octanol–water partition coefficient (Wildman–Crippen LogP) is 2.59. The first-order valence-electron chi connectivity index (χ1n) is 7.01. The fourth-order valence-corrected chi connectivity index (χ4v) is 2.25. The van der Waals surface area contributed by atoms with E-state index in [1.165, 1.54) is 32.1 Å². The van der Waals surface area contributed by atoms with E-state index in [4.69, 9.17) is 5.73 Å². The van der Waals surface area contributed by atoms with Gasteiger partial charge in [0.05, 0.1) is 0 Å². The minimum absolute atomic E-state index is 0.0278. The van der Waals surface area contributed by atoms with Crippen LogP contribution in [-0.4, -0.2) is 17.5 Å². The molecule has 0 spiro atoms. The average Bonchev–Trinajstić information content (AvgIpc) is 2.15. The number of carbonyl (C=O) groups excluding carboxylic acids is 1. The van der Waals surface area contributed by atoms with Crippen LogP contribution in [0, 0.1) is 5.92 Å². The van der Waals surface area contributed by atoms with Crippen molar-refractivity contribution in [1.29, 1.82) is 0 Å². The molecule has 1 amide bonds. The largest absolute Gasteiger partial charge is 0.349 e. The predicted molar refractivity (Wildman–Crippen MR) is 71.7 cm³/mol. The van der Waals surface area contributed by atoms with Crippen molar-refractivity contribution < 1.29 is 4.79 Å². The molecule has 0 heterocycles. The lowest BCUT2D eigenvalue weighted by molar-refractivity contribution is -0.127. The molecule has 17 heavy (non-hydrogen) atoms. The molecule has 1 fully saturated rings. The maximum Gasteiger partial charge on any atom is 0.223 e. The Morgan fingerprint density at radius 1 is 1.18 bits per heavy atom. The van der Waals surface area contributed by atoms with Crippen molar-refractivity contribution in [3.63, 3.8) is 0 Å². The van der Waals surface area contributed by atoms with Crippen LogP contribution in [0.25, 0.3) is 0 Å². The Morgan fingerprint density at radius 2 is 1.65 bits per heavy atom. The summed E-state index contributed by atoms with van der Waals surface area (Å²) in [6.07, 6.45) is 8.36. The van der Waals surface area contributed by atoms with E-state index in [1.54, 1.807) is 0 Å². The SMILES string of the molecule is CC(N)C(C)(C)NC(=O)C1CCCCCCC1. The fourth-order valence-electron chi connectivity index (χ4n) is 2.25. The van der Waals surface area contributed by atoms with E-state index in [0.717, 1.165) is 12.8 Å². The molecule has 3 heteroatoms. The third kappa shape index (κ3) is 4.66. The monoisotopic (exact) mass is 240 g/mol. The van der Waals surface area contributed by atoms with E-state index >= 15 is 0 Å². The number of hydrogen-bond acceptors (Lipinski definition) is 2. The molecule has 0 aromatic heterocycles. The van der Waals surface area contributed by atoms with Crippen LogP contribution >= 0.6 is 0 Å². The molecule has 3 N–H and O–H groups in total. The Balaban J connectivity index is 2.50. The number of hydrogen-bond donors (Lipinski definition) is 2. The van der Waals surface area contributed by atoms with Gasteiger partial charge in [-0.05, 0) is 33.6 Å². The summed E-state index contributed by atoms with van der Waals surface area (Å²) >= 11 is 0. The Kier molecular flexibility index (Phi) is 5.44. The fraction of sp³-hybridized carbons (Fsp3) is 0.929. The molecular formula is C14H28N2O. The van der Waals surface area contributed by atoms with Crippen molar-refractivity contribution in [3.8, 4) is 0 Å². The summed E-state index contributed by atoms with van der Waals surface area (Å²) in [5.41, 5.74) is 5.58. The molecule has 0 radical (unpaired) electrons. The highest BCUT2D eigenvalue weighted by atomic mass is 16.2. The minimum Gasteiger partial charge on any atom is -0.349 e. The van der Waals surface area contributed by atoms with Gasteiger partial charge in [0, 0.05) is 17.5 Å². The summed E-state index contributed by atoms with van der Waals surface area (Å²) in [7, 11) is 0. The number of nitrogens with two attached hydrogens (primary N) is 1. The zero-order valence-electron chi connectivity index (χ0n) is 11.6. The van der Waals surface area contributed by atoms with Crippen molar-refractivity contribution in [2.45, 2.75) is 77.3 Å². The zero-order valence-corrected chi connectivity index (χ0v) is 11.6. The summed E-state index contributed by atoms with van der Waals surface area (Å²) in [4.78, 5) is 12.2. The minimum atomic E-state index is -0.306. The summed E-state index contributed by atoms with van der Waals surface area (Å²) in [6, 6.07) is -0.0278. The molecule has 0 aromatic carbocycles. The van der Waals surface area contributed by atoms with Crippen LogP contribution in [0.1, 0.15) is 65.7 Å². The molecule has 1 aliphatic carbocycles. The molecule has 3 nitrogen and oxygen atoms in total. The summed E-state index contributed by atoms with van der Waals surface area (Å²) in [6.45, 7) is 5.94. The van der Waals surface area contributed by atoms with Gasteiger partial charge in [-0.2, -0.15) is 0 Å². The average molecular weight is 240 g/mol. The van der Waals surface area contributed by atoms with E-state index in [0.29, 0.717) is 0 Å². The van der Waals surface area contributed by atoms with Crippen LogP contribution in [0.15, 0.2) is 0 Å². The van der Waals surface area contributed by atoms with Crippen LogP contribution in [0.2, 0.25) is 0 Å². The third-order valence-electron chi connectivity index (χ3n) is 4.06. The first-order chi connectivity index (χ1) is 7.93.